The normalized spacial score (nSPS) is 26.4. The van der Waals surface area contributed by atoms with Gasteiger partial charge in [-0.15, -0.1) is 0 Å². The fraction of sp³-hybridized carbons (Fsp3) is 0.786. The highest BCUT2D eigenvalue weighted by molar-refractivity contribution is 7.89. The molecule has 1 saturated heterocycles. The zero-order chi connectivity index (χ0) is 15.0. The van der Waals surface area contributed by atoms with Gasteiger partial charge in [0.1, 0.15) is 0 Å². The van der Waals surface area contributed by atoms with E-state index >= 15 is 0 Å². The molecule has 0 amide bonds. The lowest BCUT2D eigenvalue weighted by Gasteiger charge is -2.42. The maximum absolute atomic E-state index is 12.5. The summed E-state index contributed by atoms with van der Waals surface area (Å²) in [5.41, 5.74) is 2.38. The van der Waals surface area contributed by atoms with Gasteiger partial charge < -0.3 is 9.30 Å². The molecule has 6 nitrogen and oxygen atoms in total. The Labute approximate surface area is 126 Å². The van der Waals surface area contributed by atoms with Crippen LogP contribution in [0.1, 0.15) is 36.6 Å². The minimum Gasteiger partial charge on any atom is -0.384 e. The second kappa shape index (κ2) is 5.70. The third-order valence-electron chi connectivity index (χ3n) is 4.75. The Hall–Kier alpha value is -0.920. The summed E-state index contributed by atoms with van der Waals surface area (Å²) < 4.78 is 33.8. The van der Waals surface area contributed by atoms with Gasteiger partial charge in [-0.2, -0.15) is 4.31 Å². The highest BCUT2D eigenvalue weighted by Crippen LogP contribution is 2.40. The van der Waals surface area contributed by atoms with Crippen LogP contribution in [0.15, 0.2) is 6.33 Å². The zero-order valence-corrected chi connectivity index (χ0v) is 13.5. The van der Waals surface area contributed by atoms with Crippen LogP contribution in [-0.4, -0.2) is 54.3 Å². The van der Waals surface area contributed by atoms with Crippen molar-refractivity contribution in [3.8, 4) is 0 Å². The van der Waals surface area contributed by atoms with E-state index in [2.05, 4.69) is 9.55 Å². The van der Waals surface area contributed by atoms with E-state index in [0.29, 0.717) is 6.54 Å². The van der Waals surface area contributed by atoms with Gasteiger partial charge in [-0.05, 0) is 25.7 Å². The van der Waals surface area contributed by atoms with Crippen LogP contribution in [0, 0.1) is 0 Å². The molecule has 1 fully saturated rings. The summed E-state index contributed by atoms with van der Waals surface area (Å²) in [5, 5.41) is 0. The first kappa shape index (κ1) is 15.0. The Bertz CT molecular complexity index is 611. The number of aryl methyl sites for hydroxylation is 1. The van der Waals surface area contributed by atoms with Crippen molar-refractivity contribution < 1.29 is 13.2 Å². The summed E-state index contributed by atoms with van der Waals surface area (Å²) in [6.07, 6.45) is 5.59. The van der Waals surface area contributed by atoms with Crippen LogP contribution >= 0.6 is 0 Å². The number of imidazole rings is 1. The molecule has 2 atom stereocenters. The van der Waals surface area contributed by atoms with E-state index in [4.69, 9.17) is 4.74 Å². The Morgan fingerprint density at radius 2 is 2.24 bits per heavy atom. The van der Waals surface area contributed by atoms with Gasteiger partial charge in [0.15, 0.2) is 0 Å². The highest BCUT2D eigenvalue weighted by Gasteiger charge is 2.42. The summed E-state index contributed by atoms with van der Waals surface area (Å²) in [4.78, 5) is 4.54. The number of sulfonamides is 1. The first-order valence-corrected chi connectivity index (χ1v) is 9.14. The molecule has 2 aliphatic rings. The van der Waals surface area contributed by atoms with Crippen molar-refractivity contribution in [3.05, 3.63) is 17.7 Å². The van der Waals surface area contributed by atoms with Crippen molar-refractivity contribution in [2.75, 3.05) is 26.0 Å². The van der Waals surface area contributed by atoms with Gasteiger partial charge >= 0.3 is 0 Å². The number of aromatic nitrogens is 2. The summed E-state index contributed by atoms with van der Waals surface area (Å²) in [6.45, 7) is 0.889. The van der Waals surface area contributed by atoms with Gasteiger partial charge in [0, 0.05) is 38.4 Å². The van der Waals surface area contributed by atoms with Crippen LogP contribution in [0.2, 0.25) is 0 Å². The van der Waals surface area contributed by atoms with Crippen molar-refractivity contribution in [2.24, 2.45) is 7.05 Å². The minimum atomic E-state index is -3.24. The average Bonchev–Trinajstić information content (AvgIpc) is 2.86. The molecule has 21 heavy (non-hydrogen) atoms. The first-order valence-electron chi connectivity index (χ1n) is 7.53. The molecular formula is C14H23N3O3S. The van der Waals surface area contributed by atoms with Crippen LogP contribution in [0.4, 0.5) is 0 Å². The molecule has 0 bridgehead atoms. The molecule has 2 unspecified atom stereocenters. The molecular weight excluding hydrogens is 290 g/mol. The van der Waals surface area contributed by atoms with Crippen molar-refractivity contribution in [1.29, 1.82) is 0 Å². The Morgan fingerprint density at radius 1 is 1.43 bits per heavy atom. The molecule has 3 rings (SSSR count). The predicted molar refractivity (Wildman–Crippen MR) is 79.7 cm³/mol. The molecule has 2 heterocycles. The van der Waals surface area contributed by atoms with Crippen LogP contribution in [0.3, 0.4) is 0 Å². The van der Waals surface area contributed by atoms with Gasteiger partial charge in [-0.1, -0.05) is 0 Å². The third kappa shape index (κ3) is 2.62. The van der Waals surface area contributed by atoms with Crippen LogP contribution < -0.4 is 0 Å². The molecule has 1 aliphatic carbocycles. The van der Waals surface area contributed by atoms with E-state index in [1.165, 1.54) is 12.8 Å². The van der Waals surface area contributed by atoms with Gasteiger partial charge in [0.05, 0.1) is 24.4 Å². The smallest absolute Gasteiger partial charge is 0.216 e. The lowest BCUT2D eigenvalue weighted by Crippen LogP contribution is -2.50. The topological polar surface area (TPSA) is 64.4 Å². The molecule has 1 aromatic rings. The van der Waals surface area contributed by atoms with Crippen molar-refractivity contribution in [2.45, 2.75) is 37.6 Å². The largest absolute Gasteiger partial charge is 0.384 e. The molecule has 0 N–H and O–H groups in total. The summed E-state index contributed by atoms with van der Waals surface area (Å²) >= 11 is 0. The summed E-state index contributed by atoms with van der Waals surface area (Å²) in [7, 11) is 0.315. The Morgan fingerprint density at radius 3 is 3.00 bits per heavy atom. The van der Waals surface area contributed by atoms with E-state index in [0.717, 1.165) is 31.4 Å². The lowest BCUT2D eigenvalue weighted by atomic mass is 9.80. The van der Waals surface area contributed by atoms with Gasteiger partial charge in [-0.25, -0.2) is 13.4 Å². The second-order valence-corrected chi connectivity index (χ2v) is 8.00. The molecule has 0 radical (unpaired) electrons. The van der Waals surface area contributed by atoms with Crippen molar-refractivity contribution in [3.63, 3.8) is 0 Å². The number of piperidine rings is 1. The minimum absolute atomic E-state index is 0.0712. The van der Waals surface area contributed by atoms with E-state index in [1.807, 2.05) is 13.4 Å². The fourth-order valence-electron chi connectivity index (χ4n) is 3.71. The monoisotopic (exact) mass is 313 g/mol. The molecule has 0 saturated carbocycles. The Kier molecular flexibility index (Phi) is 4.07. The van der Waals surface area contributed by atoms with Crippen LogP contribution in [0.25, 0.3) is 0 Å². The van der Waals surface area contributed by atoms with E-state index in [9.17, 15) is 8.42 Å². The van der Waals surface area contributed by atoms with Gasteiger partial charge in [0.25, 0.3) is 0 Å². The maximum Gasteiger partial charge on any atom is 0.216 e. The number of methoxy groups -OCH3 is 1. The molecule has 118 valence electrons. The third-order valence-corrected chi connectivity index (χ3v) is 6.60. The number of nitrogens with zero attached hydrogens (tertiary/aromatic N) is 3. The first-order chi connectivity index (χ1) is 10.0. The molecule has 7 heteroatoms. The number of rotatable bonds is 4. The van der Waals surface area contributed by atoms with E-state index < -0.39 is 10.0 Å². The average molecular weight is 313 g/mol. The van der Waals surface area contributed by atoms with Gasteiger partial charge in [-0.3, -0.25) is 0 Å². The maximum atomic E-state index is 12.5. The van der Waals surface area contributed by atoms with Crippen LogP contribution in [0.5, 0.6) is 0 Å². The Balaban J connectivity index is 1.87. The molecule has 1 aliphatic heterocycles. The summed E-state index contributed by atoms with van der Waals surface area (Å²) in [6, 6.07) is 0.0722. The number of fused-ring (bicyclic) bond motifs is 3. The number of hydrogen-bond acceptors (Lipinski definition) is 4. The molecule has 0 aromatic carbocycles. The lowest BCUT2D eigenvalue weighted by molar-refractivity contribution is 0.189. The van der Waals surface area contributed by atoms with Gasteiger partial charge in [0.2, 0.25) is 10.0 Å². The quantitative estimate of drug-likeness (QED) is 0.828. The van der Waals surface area contributed by atoms with E-state index in [-0.39, 0.29) is 24.3 Å². The number of ether oxygens (including phenoxy) is 1. The van der Waals surface area contributed by atoms with Crippen molar-refractivity contribution in [1.82, 2.24) is 13.9 Å². The van der Waals surface area contributed by atoms with E-state index in [1.54, 1.807) is 4.31 Å². The zero-order valence-electron chi connectivity index (χ0n) is 12.7. The second-order valence-electron chi connectivity index (χ2n) is 5.96. The van der Waals surface area contributed by atoms with Crippen molar-refractivity contribution >= 4 is 10.0 Å². The standard InChI is InChI=1S/C14H23N3O3S/c1-16-10-15-14-11-4-3-7-17(12(11)5-6-13(14)16)21(18,19)9-8-20-2/h10-12H,3-9H2,1-2H3. The molecule has 1 aromatic heterocycles. The SMILES string of the molecule is COCCS(=O)(=O)N1CCCC2c3ncn(C)c3CCC21. The summed E-state index contributed by atoms with van der Waals surface area (Å²) in [5.74, 6) is 0.322. The van der Waals surface area contributed by atoms with Crippen LogP contribution in [-0.2, 0) is 28.2 Å². The fourth-order valence-corrected chi connectivity index (χ4v) is 5.40. The highest BCUT2D eigenvalue weighted by atomic mass is 32.2. The number of hydrogen-bond donors (Lipinski definition) is 0. The molecule has 0 spiro atoms. The predicted octanol–water partition coefficient (Wildman–Crippen LogP) is 0.890.